The van der Waals surface area contributed by atoms with Crippen molar-refractivity contribution in [2.24, 2.45) is 23.0 Å². The van der Waals surface area contributed by atoms with Gasteiger partial charge in [0.1, 0.15) is 0 Å². The summed E-state index contributed by atoms with van der Waals surface area (Å²) in [7, 11) is 0. The number of amides is 1. The Labute approximate surface area is 125 Å². The zero-order chi connectivity index (χ0) is 14.0. The maximum Gasteiger partial charge on any atom is 0.239 e. The molecule has 0 aromatic rings. The number of nitrogens with zero attached hydrogens (tertiary/aromatic N) is 1. The smallest absolute Gasteiger partial charge is 0.239 e. The van der Waals surface area contributed by atoms with Crippen LogP contribution in [0.1, 0.15) is 46.0 Å². The van der Waals surface area contributed by atoms with Gasteiger partial charge in [-0.2, -0.15) is 0 Å². The summed E-state index contributed by atoms with van der Waals surface area (Å²) in [6.45, 7) is 5.91. The van der Waals surface area contributed by atoms with E-state index in [1.165, 1.54) is 32.1 Å². The van der Waals surface area contributed by atoms with Crippen LogP contribution in [0.2, 0.25) is 0 Å². The van der Waals surface area contributed by atoms with Gasteiger partial charge >= 0.3 is 0 Å². The van der Waals surface area contributed by atoms with E-state index < -0.39 is 0 Å². The van der Waals surface area contributed by atoms with E-state index >= 15 is 0 Å². The lowest BCUT2D eigenvalue weighted by Crippen LogP contribution is -2.46. The van der Waals surface area contributed by atoms with E-state index in [-0.39, 0.29) is 17.9 Å². The molecule has 2 N–H and O–H groups in total. The van der Waals surface area contributed by atoms with Gasteiger partial charge in [-0.25, -0.2) is 0 Å². The van der Waals surface area contributed by atoms with Crippen molar-refractivity contribution in [2.45, 2.75) is 52.0 Å². The van der Waals surface area contributed by atoms with Gasteiger partial charge in [0, 0.05) is 18.4 Å². The van der Waals surface area contributed by atoms with E-state index in [1.807, 2.05) is 18.7 Å². The second-order valence-corrected chi connectivity index (χ2v) is 7.52. The molecule has 1 saturated carbocycles. The molecule has 0 unspecified atom stereocenters. The number of hydrogen-bond donors (Lipinski definition) is 1. The number of carbonyl (C=O) groups excluding carboxylic acids is 1. The second kappa shape index (κ2) is 6.13. The Morgan fingerprint density at radius 2 is 2.00 bits per heavy atom. The van der Waals surface area contributed by atoms with Gasteiger partial charge in [-0.15, -0.1) is 0 Å². The number of hydrogen-bond acceptors (Lipinski definition) is 2. The van der Waals surface area contributed by atoms with Crippen molar-refractivity contribution in [3.05, 3.63) is 0 Å². The van der Waals surface area contributed by atoms with Gasteiger partial charge in [0.25, 0.3) is 0 Å². The molecule has 1 aliphatic heterocycles. The zero-order valence-corrected chi connectivity index (χ0v) is 13.8. The standard InChI is InChI=1S/C15H27BrN2O/c1-11(2)13(17)14(19)18-8-7-15(10-18)5-3-12(9-16)4-6-15/h11-13H,3-10,17H2,1-2H3/t12?,13-,15?/m1/s1. The first-order chi connectivity index (χ1) is 8.97. The molecule has 110 valence electrons. The number of likely N-dealkylation sites (tertiary alicyclic amines) is 1. The highest BCUT2D eigenvalue weighted by atomic mass is 79.9. The van der Waals surface area contributed by atoms with Gasteiger partial charge in [0.15, 0.2) is 0 Å². The number of carbonyl (C=O) groups is 1. The molecule has 1 spiro atoms. The van der Waals surface area contributed by atoms with E-state index in [9.17, 15) is 4.79 Å². The molecule has 0 aromatic carbocycles. The van der Waals surface area contributed by atoms with Crippen LogP contribution in [0, 0.1) is 17.3 Å². The SMILES string of the molecule is CC(C)[C@@H](N)C(=O)N1CCC2(CCC(CBr)CC2)C1. The van der Waals surface area contributed by atoms with Crippen LogP contribution in [0.25, 0.3) is 0 Å². The fourth-order valence-corrected chi connectivity index (χ4v) is 4.12. The molecule has 1 atom stereocenters. The molecule has 3 nitrogen and oxygen atoms in total. The topological polar surface area (TPSA) is 46.3 Å². The molecular formula is C15H27BrN2O. The maximum absolute atomic E-state index is 12.3. The van der Waals surface area contributed by atoms with Crippen LogP contribution >= 0.6 is 15.9 Å². The van der Waals surface area contributed by atoms with Crippen LogP contribution < -0.4 is 5.73 Å². The van der Waals surface area contributed by atoms with Crippen molar-refractivity contribution in [2.75, 3.05) is 18.4 Å². The van der Waals surface area contributed by atoms with Gasteiger partial charge in [-0.05, 0) is 49.4 Å². The quantitative estimate of drug-likeness (QED) is 0.809. The van der Waals surface area contributed by atoms with Gasteiger partial charge in [-0.3, -0.25) is 4.79 Å². The minimum Gasteiger partial charge on any atom is -0.341 e. The Balaban J connectivity index is 1.91. The monoisotopic (exact) mass is 330 g/mol. The summed E-state index contributed by atoms with van der Waals surface area (Å²) in [5, 5.41) is 1.13. The van der Waals surface area contributed by atoms with E-state index in [4.69, 9.17) is 5.73 Å². The molecule has 4 heteroatoms. The summed E-state index contributed by atoms with van der Waals surface area (Å²) >= 11 is 3.60. The molecular weight excluding hydrogens is 304 g/mol. The van der Waals surface area contributed by atoms with Gasteiger partial charge in [0.05, 0.1) is 6.04 Å². The molecule has 2 fully saturated rings. The van der Waals surface area contributed by atoms with Crippen LogP contribution in [0.15, 0.2) is 0 Å². The second-order valence-electron chi connectivity index (χ2n) is 6.88. The summed E-state index contributed by atoms with van der Waals surface area (Å²) < 4.78 is 0. The van der Waals surface area contributed by atoms with E-state index in [0.717, 1.165) is 24.3 Å². The third kappa shape index (κ3) is 3.33. The Hall–Kier alpha value is -0.0900. The van der Waals surface area contributed by atoms with Crippen molar-refractivity contribution in [3.8, 4) is 0 Å². The average molecular weight is 331 g/mol. The molecule has 0 aromatic heterocycles. The summed E-state index contributed by atoms with van der Waals surface area (Å²) in [5.41, 5.74) is 6.41. The Bertz CT molecular complexity index is 324. The largest absolute Gasteiger partial charge is 0.341 e. The molecule has 1 aliphatic carbocycles. The molecule has 2 rings (SSSR count). The van der Waals surface area contributed by atoms with Gasteiger partial charge in [0.2, 0.25) is 5.91 Å². The van der Waals surface area contributed by atoms with Crippen molar-refractivity contribution in [1.82, 2.24) is 4.90 Å². The lowest BCUT2D eigenvalue weighted by atomic mass is 9.70. The normalized spacial score (nSPS) is 33.1. The molecule has 19 heavy (non-hydrogen) atoms. The van der Waals surface area contributed by atoms with E-state index in [0.29, 0.717) is 5.41 Å². The van der Waals surface area contributed by atoms with Crippen molar-refractivity contribution < 1.29 is 4.79 Å². The van der Waals surface area contributed by atoms with Gasteiger partial charge < -0.3 is 10.6 Å². The maximum atomic E-state index is 12.3. The molecule has 1 amide bonds. The third-order valence-corrected chi connectivity index (χ3v) is 6.05. The first kappa shape index (κ1) is 15.3. The summed E-state index contributed by atoms with van der Waals surface area (Å²) in [5.74, 6) is 1.23. The molecule has 0 radical (unpaired) electrons. The molecule has 1 heterocycles. The summed E-state index contributed by atoms with van der Waals surface area (Å²) in [6.07, 6.45) is 6.36. The van der Waals surface area contributed by atoms with Crippen LogP contribution in [0.3, 0.4) is 0 Å². The van der Waals surface area contributed by atoms with E-state index in [2.05, 4.69) is 15.9 Å². The predicted molar refractivity (Wildman–Crippen MR) is 82.2 cm³/mol. The Morgan fingerprint density at radius 3 is 2.53 bits per heavy atom. The first-order valence-electron chi connectivity index (χ1n) is 7.58. The van der Waals surface area contributed by atoms with Crippen LogP contribution in [0.4, 0.5) is 0 Å². The van der Waals surface area contributed by atoms with Crippen molar-refractivity contribution in [3.63, 3.8) is 0 Å². The number of halogens is 1. The number of alkyl halides is 1. The number of rotatable bonds is 3. The highest BCUT2D eigenvalue weighted by Crippen LogP contribution is 2.45. The summed E-state index contributed by atoms with van der Waals surface area (Å²) in [4.78, 5) is 14.4. The fourth-order valence-electron chi connectivity index (χ4n) is 3.47. The fraction of sp³-hybridized carbons (Fsp3) is 0.933. The Morgan fingerprint density at radius 1 is 1.37 bits per heavy atom. The molecule has 1 saturated heterocycles. The third-order valence-electron chi connectivity index (χ3n) is 5.14. The average Bonchev–Trinajstić information content (AvgIpc) is 2.82. The van der Waals surface area contributed by atoms with Crippen molar-refractivity contribution in [1.29, 1.82) is 0 Å². The highest BCUT2D eigenvalue weighted by Gasteiger charge is 2.43. The lowest BCUT2D eigenvalue weighted by molar-refractivity contribution is -0.133. The lowest BCUT2D eigenvalue weighted by Gasteiger charge is -2.37. The first-order valence-corrected chi connectivity index (χ1v) is 8.70. The summed E-state index contributed by atoms with van der Waals surface area (Å²) in [6, 6.07) is -0.325. The van der Waals surface area contributed by atoms with Gasteiger partial charge in [-0.1, -0.05) is 29.8 Å². The molecule has 0 bridgehead atoms. The highest BCUT2D eigenvalue weighted by molar-refractivity contribution is 9.09. The molecule has 2 aliphatic rings. The van der Waals surface area contributed by atoms with Crippen LogP contribution in [0.5, 0.6) is 0 Å². The minimum atomic E-state index is -0.325. The zero-order valence-electron chi connectivity index (χ0n) is 12.2. The van der Waals surface area contributed by atoms with Crippen molar-refractivity contribution >= 4 is 21.8 Å². The van der Waals surface area contributed by atoms with E-state index in [1.54, 1.807) is 0 Å². The van der Waals surface area contributed by atoms with Crippen LogP contribution in [-0.2, 0) is 4.79 Å². The number of nitrogens with two attached hydrogens (primary N) is 1. The predicted octanol–water partition coefficient (Wildman–Crippen LogP) is 2.77. The minimum absolute atomic E-state index is 0.162. The Kier molecular flexibility index (Phi) is 4.93. The van der Waals surface area contributed by atoms with Crippen LogP contribution in [-0.4, -0.2) is 35.3 Å².